The second-order valence-corrected chi connectivity index (χ2v) is 8.56. The average molecular weight is 455 g/mol. The van der Waals surface area contributed by atoms with E-state index in [4.69, 9.17) is 4.98 Å². The fraction of sp³-hybridized carbons (Fsp3) is 0.192. The topological polar surface area (TPSA) is 85.6 Å². The van der Waals surface area contributed by atoms with Crippen molar-refractivity contribution < 1.29 is 9.18 Å². The summed E-state index contributed by atoms with van der Waals surface area (Å²) in [5.41, 5.74) is 3.75. The smallest absolute Gasteiger partial charge is 0.254 e. The van der Waals surface area contributed by atoms with E-state index in [1.807, 2.05) is 44.2 Å². The molecule has 0 atom stereocenters. The van der Waals surface area contributed by atoms with E-state index in [0.717, 1.165) is 16.5 Å². The molecule has 0 aliphatic heterocycles. The van der Waals surface area contributed by atoms with Gasteiger partial charge in [0.15, 0.2) is 5.65 Å². The van der Waals surface area contributed by atoms with Crippen molar-refractivity contribution in [2.75, 3.05) is 6.54 Å². The van der Waals surface area contributed by atoms with Crippen LogP contribution in [0.15, 0.2) is 66.9 Å². The summed E-state index contributed by atoms with van der Waals surface area (Å²) in [6.07, 6.45) is 1.77. The summed E-state index contributed by atoms with van der Waals surface area (Å²) >= 11 is 0. The number of amides is 1. The lowest BCUT2D eigenvalue weighted by molar-refractivity contribution is 0.0952. The predicted molar refractivity (Wildman–Crippen MR) is 129 cm³/mol. The molecule has 5 rings (SSSR count). The van der Waals surface area contributed by atoms with E-state index >= 15 is 0 Å². The fourth-order valence-corrected chi connectivity index (χ4v) is 4.04. The van der Waals surface area contributed by atoms with E-state index in [0.29, 0.717) is 29.0 Å². The van der Waals surface area contributed by atoms with Crippen LogP contribution in [0.3, 0.4) is 0 Å². The van der Waals surface area contributed by atoms with Gasteiger partial charge < -0.3 is 5.32 Å². The first-order chi connectivity index (χ1) is 16.4. The summed E-state index contributed by atoms with van der Waals surface area (Å²) in [6, 6.07) is 18.1. The van der Waals surface area contributed by atoms with E-state index in [2.05, 4.69) is 26.7 Å². The number of hydrogen-bond acceptors (Lipinski definition) is 5. The van der Waals surface area contributed by atoms with E-state index in [1.54, 1.807) is 29.9 Å². The molecule has 0 aliphatic rings. The molecule has 3 aromatic heterocycles. The molecule has 0 saturated heterocycles. The van der Waals surface area contributed by atoms with Gasteiger partial charge in [0.25, 0.3) is 5.91 Å². The third-order valence-electron chi connectivity index (χ3n) is 5.98. The number of rotatable bonds is 5. The normalized spacial score (nSPS) is 11.8. The van der Waals surface area contributed by atoms with Gasteiger partial charge >= 0.3 is 0 Å². The van der Waals surface area contributed by atoms with Gasteiger partial charge in [0, 0.05) is 23.7 Å². The molecule has 2 aromatic carbocycles. The molecule has 3 heterocycles. The minimum absolute atomic E-state index is 0.00492. The number of hydrogen-bond donors (Lipinski definition) is 1. The Labute approximate surface area is 195 Å². The van der Waals surface area contributed by atoms with Crippen LogP contribution in [-0.2, 0) is 5.54 Å². The largest absolute Gasteiger partial charge is 0.352 e. The van der Waals surface area contributed by atoms with E-state index in [-0.39, 0.29) is 5.56 Å². The predicted octanol–water partition coefficient (Wildman–Crippen LogP) is 4.71. The van der Waals surface area contributed by atoms with Crippen LogP contribution in [0.1, 0.15) is 36.7 Å². The lowest BCUT2D eigenvalue weighted by Gasteiger charge is -2.26. The summed E-state index contributed by atoms with van der Waals surface area (Å²) in [4.78, 5) is 21.2. The Hall–Kier alpha value is -4.20. The van der Waals surface area contributed by atoms with Crippen molar-refractivity contribution in [1.29, 1.82) is 0 Å². The quantitative estimate of drug-likeness (QED) is 0.416. The molecule has 0 bridgehead atoms. The number of carbonyl (C=O) groups excluding carboxylic acids is 1. The maximum Gasteiger partial charge on any atom is 0.254 e. The maximum absolute atomic E-state index is 14.7. The molecule has 170 valence electrons. The Balaban J connectivity index is 1.56. The summed E-state index contributed by atoms with van der Waals surface area (Å²) < 4.78 is 16.4. The second-order valence-electron chi connectivity index (χ2n) is 8.56. The molecule has 0 radical (unpaired) electrons. The summed E-state index contributed by atoms with van der Waals surface area (Å²) in [5.74, 6) is -1.04. The van der Waals surface area contributed by atoms with Crippen molar-refractivity contribution in [3.05, 3.63) is 83.8 Å². The van der Waals surface area contributed by atoms with E-state index in [9.17, 15) is 9.18 Å². The van der Waals surface area contributed by atoms with Crippen molar-refractivity contribution in [1.82, 2.24) is 30.3 Å². The van der Waals surface area contributed by atoms with Gasteiger partial charge in [0.2, 0.25) is 0 Å². The molecule has 0 saturated carbocycles. The fourth-order valence-electron chi connectivity index (χ4n) is 4.04. The van der Waals surface area contributed by atoms with Gasteiger partial charge in [0.1, 0.15) is 11.3 Å². The zero-order valence-corrected chi connectivity index (χ0v) is 19.1. The van der Waals surface area contributed by atoms with Crippen molar-refractivity contribution in [3.63, 3.8) is 0 Å². The number of fused-ring (bicyclic) bond motifs is 2. The third kappa shape index (κ3) is 3.67. The minimum atomic E-state index is -0.595. The van der Waals surface area contributed by atoms with Crippen LogP contribution in [0.25, 0.3) is 33.3 Å². The SMILES string of the molecule is CCNC(=O)c1ccc(-c2ccc3nnn(C(C)(C)c4ccc5ncccc5c4)c3n2)cc1F. The lowest BCUT2D eigenvalue weighted by atomic mass is 9.93. The molecule has 0 spiro atoms. The molecule has 1 N–H and O–H groups in total. The highest BCUT2D eigenvalue weighted by atomic mass is 19.1. The molecular weight excluding hydrogens is 431 g/mol. The molecule has 1 amide bonds. The molecular formula is C26H23FN6O. The Kier molecular flexibility index (Phi) is 5.28. The zero-order valence-electron chi connectivity index (χ0n) is 19.1. The molecule has 7 nitrogen and oxygen atoms in total. The van der Waals surface area contributed by atoms with Crippen LogP contribution in [0.5, 0.6) is 0 Å². The number of carbonyl (C=O) groups is 1. The van der Waals surface area contributed by atoms with Crippen molar-refractivity contribution in [3.8, 4) is 11.3 Å². The van der Waals surface area contributed by atoms with Gasteiger partial charge in [-0.05, 0) is 68.8 Å². The van der Waals surface area contributed by atoms with Gasteiger partial charge in [-0.1, -0.05) is 23.4 Å². The van der Waals surface area contributed by atoms with E-state index in [1.165, 1.54) is 12.1 Å². The van der Waals surface area contributed by atoms with Gasteiger partial charge in [-0.3, -0.25) is 9.78 Å². The van der Waals surface area contributed by atoms with Gasteiger partial charge in [-0.2, -0.15) is 0 Å². The van der Waals surface area contributed by atoms with Crippen LogP contribution >= 0.6 is 0 Å². The minimum Gasteiger partial charge on any atom is -0.352 e. The van der Waals surface area contributed by atoms with Crippen molar-refractivity contribution >= 4 is 28.0 Å². The number of pyridine rings is 2. The molecule has 0 fully saturated rings. The maximum atomic E-state index is 14.7. The summed E-state index contributed by atoms with van der Waals surface area (Å²) in [5, 5.41) is 12.3. The first-order valence-corrected chi connectivity index (χ1v) is 11.0. The van der Waals surface area contributed by atoms with Gasteiger partial charge in [-0.15, -0.1) is 5.10 Å². The molecule has 0 unspecified atom stereocenters. The summed E-state index contributed by atoms with van der Waals surface area (Å²) in [6.45, 7) is 6.32. The zero-order chi connectivity index (χ0) is 23.9. The van der Waals surface area contributed by atoms with E-state index < -0.39 is 17.3 Å². The third-order valence-corrected chi connectivity index (χ3v) is 5.98. The van der Waals surface area contributed by atoms with Crippen molar-refractivity contribution in [2.45, 2.75) is 26.3 Å². The first-order valence-electron chi connectivity index (χ1n) is 11.0. The van der Waals surface area contributed by atoms with Crippen LogP contribution in [0.4, 0.5) is 4.39 Å². The summed E-state index contributed by atoms with van der Waals surface area (Å²) in [7, 11) is 0. The number of benzene rings is 2. The highest BCUT2D eigenvalue weighted by Gasteiger charge is 2.27. The Morgan fingerprint density at radius 1 is 1.06 bits per heavy atom. The van der Waals surface area contributed by atoms with Crippen LogP contribution in [0, 0.1) is 5.82 Å². The Morgan fingerprint density at radius 3 is 2.68 bits per heavy atom. The Morgan fingerprint density at radius 2 is 1.88 bits per heavy atom. The van der Waals surface area contributed by atoms with Crippen LogP contribution in [-0.4, -0.2) is 37.4 Å². The number of halogens is 1. The lowest BCUT2D eigenvalue weighted by Crippen LogP contribution is -2.29. The van der Waals surface area contributed by atoms with Gasteiger partial charge in [0.05, 0.1) is 22.3 Å². The molecule has 8 heteroatoms. The van der Waals surface area contributed by atoms with Crippen molar-refractivity contribution in [2.24, 2.45) is 0 Å². The highest BCUT2D eigenvalue weighted by molar-refractivity contribution is 5.95. The Bertz CT molecular complexity index is 1540. The number of aromatic nitrogens is 5. The van der Waals surface area contributed by atoms with Crippen LogP contribution < -0.4 is 5.32 Å². The molecule has 0 aliphatic carbocycles. The monoisotopic (exact) mass is 454 g/mol. The second kappa shape index (κ2) is 8.30. The highest BCUT2D eigenvalue weighted by Crippen LogP contribution is 2.30. The number of nitrogens with zero attached hydrogens (tertiary/aromatic N) is 5. The van der Waals surface area contributed by atoms with Crippen LogP contribution in [0.2, 0.25) is 0 Å². The molecule has 5 aromatic rings. The molecule has 34 heavy (non-hydrogen) atoms. The number of nitrogens with one attached hydrogen (secondary N) is 1. The average Bonchev–Trinajstić information content (AvgIpc) is 3.28. The first kappa shape index (κ1) is 21.6. The standard InChI is InChI=1S/C26H23FN6O/c1-4-28-25(34)19-9-7-17(15-20(19)27)22-11-12-23-24(30-22)33(32-31-23)26(2,3)18-8-10-21-16(14-18)6-5-13-29-21/h5-15H,4H2,1-3H3,(H,28,34). The van der Waals surface area contributed by atoms with Gasteiger partial charge in [-0.25, -0.2) is 14.1 Å².